The lowest BCUT2D eigenvalue weighted by Crippen LogP contribution is -2.18. The van der Waals surface area contributed by atoms with E-state index >= 15 is 0 Å². The monoisotopic (exact) mass is 235 g/mol. The molecule has 1 fully saturated rings. The first-order chi connectivity index (χ1) is 7.68. The highest BCUT2D eigenvalue weighted by Crippen LogP contribution is 2.44. The standard InChI is InChI=1S/C11H10ClN3O/c1-6-9(7-2-3-7)10(12)14-15-8(16)4-5-13-11(6)15/h4-5,7H,2-3H2,1H3. The van der Waals surface area contributed by atoms with Crippen LogP contribution in [0.15, 0.2) is 17.1 Å². The normalized spacial score (nSPS) is 15.6. The van der Waals surface area contributed by atoms with Gasteiger partial charge in [-0.1, -0.05) is 11.6 Å². The van der Waals surface area contributed by atoms with E-state index in [0.717, 1.165) is 24.0 Å². The number of fused-ring (bicyclic) bond motifs is 1. The fraction of sp³-hybridized carbons (Fsp3) is 0.364. The highest BCUT2D eigenvalue weighted by molar-refractivity contribution is 6.30. The predicted octanol–water partition coefficient (Wildman–Crippen LogP) is 1.93. The van der Waals surface area contributed by atoms with Gasteiger partial charge in [-0.3, -0.25) is 4.79 Å². The summed E-state index contributed by atoms with van der Waals surface area (Å²) in [6, 6.07) is 1.38. The van der Waals surface area contributed by atoms with Crippen molar-refractivity contribution in [2.24, 2.45) is 0 Å². The van der Waals surface area contributed by atoms with Crippen molar-refractivity contribution >= 4 is 17.2 Å². The lowest BCUT2D eigenvalue weighted by Gasteiger charge is -2.09. The van der Waals surface area contributed by atoms with E-state index in [1.165, 1.54) is 16.8 Å². The van der Waals surface area contributed by atoms with Crippen molar-refractivity contribution < 1.29 is 0 Å². The van der Waals surface area contributed by atoms with Gasteiger partial charge in [0.2, 0.25) is 0 Å². The highest BCUT2D eigenvalue weighted by atomic mass is 35.5. The third kappa shape index (κ3) is 1.33. The van der Waals surface area contributed by atoms with Crippen molar-refractivity contribution in [1.82, 2.24) is 14.6 Å². The summed E-state index contributed by atoms with van der Waals surface area (Å²) in [6.07, 6.45) is 3.81. The first-order valence-corrected chi connectivity index (χ1v) is 5.60. The Bertz CT molecular complexity index is 631. The molecule has 1 saturated carbocycles. The Morgan fingerprint density at radius 1 is 1.50 bits per heavy atom. The van der Waals surface area contributed by atoms with Crippen LogP contribution in [-0.2, 0) is 0 Å². The van der Waals surface area contributed by atoms with Gasteiger partial charge >= 0.3 is 0 Å². The largest absolute Gasteiger partial charge is 0.274 e. The van der Waals surface area contributed by atoms with Crippen molar-refractivity contribution in [2.75, 3.05) is 0 Å². The summed E-state index contributed by atoms with van der Waals surface area (Å²) in [6.45, 7) is 1.95. The molecule has 1 aliphatic rings. The molecule has 0 bridgehead atoms. The van der Waals surface area contributed by atoms with Crippen LogP contribution in [0, 0.1) is 6.92 Å². The maximum Gasteiger partial charge on any atom is 0.274 e. The van der Waals surface area contributed by atoms with Gasteiger partial charge in [-0.05, 0) is 25.7 Å². The molecule has 4 nitrogen and oxygen atoms in total. The molecule has 0 radical (unpaired) electrons. The first kappa shape index (κ1) is 9.78. The molecule has 0 N–H and O–H groups in total. The van der Waals surface area contributed by atoms with Gasteiger partial charge in [0.15, 0.2) is 10.8 Å². The summed E-state index contributed by atoms with van der Waals surface area (Å²) in [4.78, 5) is 15.8. The van der Waals surface area contributed by atoms with Crippen molar-refractivity contribution in [1.29, 1.82) is 0 Å². The zero-order valence-electron chi connectivity index (χ0n) is 8.77. The van der Waals surface area contributed by atoms with E-state index in [9.17, 15) is 4.79 Å². The minimum Gasteiger partial charge on any atom is -0.267 e. The van der Waals surface area contributed by atoms with Gasteiger partial charge in [-0.25, -0.2) is 4.98 Å². The van der Waals surface area contributed by atoms with Gasteiger partial charge in [-0.15, -0.1) is 0 Å². The molecule has 0 amide bonds. The van der Waals surface area contributed by atoms with Crippen molar-refractivity contribution in [3.8, 4) is 0 Å². The molecule has 0 atom stereocenters. The van der Waals surface area contributed by atoms with E-state index in [0.29, 0.717) is 16.7 Å². The SMILES string of the molecule is Cc1c(C2CC2)c(Cl)nn2c(=O)ccnc12. The average molecular weight is 236 g/mol. The number of aryl methyl sites for hydroxylation is 1. The molecule has 0 aliphatic heterocycles. The lowest BCUT2D eigenvalue weighted by molar-refractivity contribution is 0.841. The van der Waals surface area contributed by atoms with Crippen LogP contribution < -0.4 is 5.56 Å². The predicted molar refractivity (Wildman–Crippen MR) is 61.0 cm³/mol. The summed E-state index contributed by atoms with van der Waals surface area (Å²) >= 11 is 6.12. The zero-order chi connectivity index (χ0) is 11.3. The average Bonchev–Trinajstić information content (AvgIpc) is 3.04. The molecular formula is C11H10ClN3O. The van der Waals surface area contributed by atoms with Crippen LogP contribution in [-0.4, -0.2) is 14.6 Å². The minimum absolute atomic E-state index is 0.197. The van der Waals surface area contributed by atoms with Crippen molar-refractivity contribution in [3.63, 3.8) is 0 Å². The van der Waals surface area contributed by atoms with E-state index < -0.39 is 0 Å². The van der Waals surface area contributed by atoms with Crippen LogP contribution >= 0.6 is 11.6 Å². The Morgan fingerprint density at radius 2 is 2.25 bits per heavy atom. The maximum absolute atomic E-state index is 11.6. The van der Waals surface area contributed by atoms with Crippen molar-refractivity contribution in [3.05, 3.63) is 38.9 Å². The van der Waals surface area contributed by atoms with Gasteiger partial charge in [0.05, 0.1) is 0 Å². The second kappa shape index (κ2) is 3.28. The molecule has 0 spiro atoms. The van der Waals surface area contributed by atoms with Gasteiger partial charge < -0.3 is 0 Å². The van der Waals surface area contributed by atoms with E-state index in [4.69, 9.17) is 11.6 Å². The number of nitrogens with zero attached hydrogens (tertiary/aromatic N) is 3. The van der Waals surface area contributed by atoms with Gasteiger partial charge in [-0.2, -0.15) is 9.61 Å². The van der Waals surface area contributed by atoms with Gasteiger partial charge in [0.1, 0.15) is 0 Å². The first-order valence-electron chi connectivity index (χ1n) is 5.22. The lowest BCUT2D eigenvalue weighted by atomic mass is 10.1. The Morgan fingerprint density at radius 3 is 2.94 bits per heavy atom. The molecule has 0 saturated heterocycles. The molecule has 2 aromatic heterocycles. The van der Waals surface area contributed by atoms with E-state index in [1.54, 1.807) is 0 Å². The molecule has 5 heteroatoms. The van der Waals surface area contributed by atoms with Crippen LogP contribution in [0.5, 0.6) is 0 Å². The third-order valence-corrected chi connectivity index (χ3v) is 3.24. The number of halogens is 1. The topological polar surface area (TPSA) is 47.3 Å². The Labute approximate surface area is 96.9 Å². The summed E-state index contributed by atoms with van der Waals surface area (Å²) < 4.78 is 1.27. The van der Waals surface area contributed by atoms with E-state index in [2.05, 4.69) is 10.1 Å². The number of rotatable bonds is 1. The smallest absolute Gasteiger partial charge is 0.267 e. The van der Waals surface area contributed by atoms with Crippen LogP contribution in [0.4, 0.5) is 0 Å². The molecule has 1 aliphatic carbocycles. The van der Waals surface area contributed by atoms with E-state index in [-0.39, 0.29) is 5.56 Å². The molecule has 2 aromatic rings. The number of hydrogen-bond donors (Lipinski definition) is 0. The van der Waals surface area contributed by atoms with Crippen LogP contribution in [0.3, 0.4) is 0 Å². The molecule has 2 heterocycles. The Kier molecular flexibility index (Phi) is 2.01. The van der Waals surface area contributed by atoms with Crippen LogP contribution in [0.25, 0.3) is 5.65 Å². The number of hydrogen-bond acceptors (Lipinski definition) is 3. The third-order valence-electron chi connectivity index (χ3n) is 2.96. The van der Waals surface area contributed by atoms with Crippen LogP contribution in [0.1, 0.15) is 29.9 Å². The summed E-state index contributed by atoms with van der Waals surface area (Å²) in [7, 11) is 0. The molecule has 3 rings (SSSR count). The van der Waals surface area contributed by atoms with Crippen LogP contribution in [0.2, 0.25) is 5.15 Å². The highest BCUT2D eigenvalue weighted by Gasteiger charge is 2.29. The molecule has 16 heavy (non-hydrogen) atoms. The van der Waals surface area contributed by atoms with E-state index in [1.807, 2.05) is 6.92 Å². The maximum atomic E-state index is 11.6. The quantitative estimate of drug-likeness (QED) is 0.759. The molecule has 0 unspecified atom stereocenters. The minimum atomic E-state index is -0.197. The fourth-order valence-corrected chi connectivity index (χ4v) is 2.39. The Balaban J connectivity index is 2.43. The zero-order valence-corrected chi connectivity index (χ0v) is 9.53. The fourth-order valence-electron chi connectivity index (χ4n) is 2.02. The summed E-state index contributed by atoms with van der Waals surface area (Å²) in [5.41, 5.74) is 2.44. The second-order valence-corrected chi connectivity index (χ2v) is 4.48. The van der Waals surface area contributed by atoms with Gasteiger partial charge in [0, 0.05) is 23.4 Å². The molecular weight excluding hydrogens is 226 g/mol. The molecule has 82 valence electrons. The Hall–Kier alpha value is -1.42. The summed E-state index contributed by atoms with van der Waals surface area (Å²) in [5, 5.41) is 4.54. The van der Waals surface area contributed by atoms with Crippen molar-refractivity contribution in [2.45, 2.75) is 25.7 Å². The number of aromatic nitrogens is 3. The second-order valence-electron chi connectivity index (χ2n) is 4.12. The van der Waals surface area contributed by atoms with Gasteiger partial charge in [0.25, 0.3) is 5.56 Å². The summed E-state index contributed by atoms with van der Waals surface area (Å²) in [5.74, 6) is 0.502. The molecule has 0 aromatic carbocycles.